The van der Waals surface area contributed by atoms with Crippen LogP contribution in [0.3, 0.4) is 0 Å². The summed E-state index contributed by atoms with van der Waals surface area (Å²) in [7, 11) is 0. The van der Waals surface area contributed by atoms with Crippen molar-refractivity contribution in [2.45, 2.75) is 43.9 Å². The lowest BCUT2D eigenvalue weighted by Gasteiger charge is -2.57. The highest BCUT2D eigenvalue weighted by atomic mass is 16.5. The third-order valence-corrected chi connectivity index (χ3v) is 6.03. The van der Waals surface area contributed by atoms with Crippen LogP contribution in [0.25, 0.3) is 0 Å². The molecule has 0 aromatic heterocycles. The van der Waals surface area contributed by atoms with Crippen LogP contribution in [-0.2, 0) is 10.2 Å². The van der Waals surface area contributed by atoms with Gasteiger partial charge in [0, 0.05) is 12.0 Å². The Kier molecular flexibility index (Phi) is 2.47. The van der Waals surface area contributed by atoms with Crippen molar-refractivity contribution in [1.82, 2.24) is 0 Å². The van der Waals surface area contributed by atoms with E-state index in [4.69, 9.17) is 4.74 Å². The molecule has 4 atom stereocenters. The van der Waals surface area contributed by atoms with Crippen molar-refractivity contribution in [3.05, 3.63) is 29.3 Å². The molecule has 1 N–H and O–H groups in total. The van der Waals surface area contributed by atoms with Crippen molar-refractivity contribution < 1.29 is 9.84 Å². The number of aromatic hydroxyl groups is 1. The van der Waals surface area contributed by atoms with Crippen LogP contribution < -0.4 is 0 Å². The Morgan fingerprint density at radius 2 is 2.21 bits per heavy atom. The molecule has 1 aliphatic heterocycles. The van der Waals surface area contributed by atoms with E-state index in [-0.39, 0.29) is 5.41 Å². The first kappa shape index (κ1) is 11.8. The van der Waals surface area contributed by atoms with E-state index in [1.54, 1.807) is 0 Å². The van der Waals surface area contributed by atoms with Crippen LogP contribution in [0.4, 0.5) is 0 Å². The van der Waals surface area contributed by atoms with Crippen LogP contribution in [0, 0.1) is 11.8 Å². The summed E-state index contributed by atoms with van der Waals surface area (Å²) in [5.41, 5.74) is 3.05. The number of hydrogen-bond donors (Lipinski definition) is 1. The molecule has 1 heterocycles. The average molecular weight is 258 g/mol. The number of fused-ring (bicyclic) bond motifs is 1. The summed E-state index contributed by atoms with van der Waals surface area (Å²) in [5.74, 6) is 2.62. The largest absolute Gasteiger partial charge is 0.508 e. The zero-order valence-electron chi connectivity index (χ0n) is 11.6. The van der Waals surface area contributed by atoms with Gasteiger partial charge in [-0.3, -0.25) is 0 Å². The molecule has 4 rings (SSSR count). The van der Waals surface area contributed by atoms with E-state index in [0.29, 0.717) is 11.7 Å². The maximum Gasteiger partial charge on any atom is 0.115 e. The normalized spacial score (nSPS) is 40.4. The summed E-state index contributed by atoms with van der Waals surface area (Å²) >= 11 is 0. The first-order chi connectivity index (χ1) is 9.22. The molecular formula is C17H22O2. The van der Waals surface area contributed by atoms with Crippen LogP contribution in [0.1, 0.15) is 49.7 Å². The Morgan fingerprint density at radius 1 is 1.32 bits per heavy atom. The van der Waals surface area contributed by atoms with Gasteiger partial charge in [-0.1, -0.05) is 19.4 Å². The minimum absolute atomic E-state index is 0.196. The lowest BCUT2D eigenvalue weighted by molar-refractivity contribution is -0.0633. The lowest BCUT2D eigenvalue weighted by atomic mass is 9.49. The van der Waals surface area contributed by atoms with Crippen molar-refractivity contribution in [2.24, 2.45) is 11.8 Å². The van der Waals surface area contributed by atoms with Gasteiger partial charge in [0.05, 0.1) is 6.61 Å². The lowest BCUT2D eigenvalue weighted by Crippen LogP contribution is -2.54. The van der Waals surface area contributed by atoms with Gasteiger partial charge in [-0.25, -0.2) is 0 Å². The molecule has 1 aromatic rings. The smallest absolute Gasteiger partial charge is 0.115 e. The van der Waals surface area contributed by atoms with Gasteiger partial charge >= 0.3 is 0 Å². The van der Waals surface area contributed by atoms with Gasteiger partial charge in [-0.2, -0.15) is 0 Å². The first-order valence-electron chi connectivity index (χ1n) is 7.63. The van der Waals surface area contributed by atoms with Gasteiger partial charge in [0.2, 0.25) is 0 Å². The van der Waals surface area contributed by atoms with Gasteiger partial charge in [-0.05, 0) is 60.3 Å². The minimum atomic E-state index is 0.196. The van der Waals surface area contributed by atoms with Crippen molar-refractivity contribution >= 4 is 0 Å². The molecule has 2 nitrogen and oxygen atoms in total. The molecule has 2 heteroatoms. The Morgan fingerprint density at radius 3 is 3.11 bits per heavy atom. The Balaban J connectivity index is 1.95. The van der Waals surface area contributed by atoms with E-state index in [0.717, 1.165) is 25.0 Å². The van der Waals surface area contributed by atoms with Crippen molar-refractivity contribution in [3.8, 4) is 5.75 Å². The molecule has 19 heavy (non-hydrogen) atoms. The molecule has 2 fully saturated rings. The fraction of sp³-hybridized carbons (Fsp3) is 0.647. The fourth-order valence-corrected chi connectivity index (χ4v) is 5.20. The zero-order valence-corrected chi connectivity index (χ0v) is 11.6. The predicted octanol–water partition coefficient (Wildman–Crippen LogP) is 3.58. The highest BCUT2D eigenvalue weighted by molar-refractivity contribution is 5.46. The Labute approximate surface area is 114 Å². The standard InChI is InChI=1S/C17H22O2/c1-11-13-3-2-7-17(10-19-8-6-15(13)17)16-9-12(18)4-5-14(11)16/h4-5,9,11,13,15,18H,2-3,6-8,10H2,1H3/t11-,13-,15+,17+/m1/s1. The van der Waals surface area contributed by atoms with Crippen LogP contribution in [-0.4, -0.2) is 18.3 Å². The predicted molar refractivity (Wildman–Crippen MR) is 74.5 cm³/mol. The molecule has 2 aliphatic carbocycles. The van der Waals surface area contributed by atoms with Crippen molar-refractivity contribution in [2.75, 3.05) is 13.2 Å². The molecule has 1 saturated heterocycles. The molecule has 1 saturated carbocycles. The van der Waals surface area contributed by atoms with E-state index in [1.807, 2.05) is 12.1 Å². The summed E-state index contributed by atoms with van der Waals surface area (Å²) in [6.07, 6.45) is 5.11. The average Bonchev–Trinajstić information content (AvgIpc) is 2.44. The van der Waals surface area contributed by atoms with Gasteiger partial charge in [0.15, 0.2) is 0 Å². The number of benzene rings is 1. The number of hydrogen-bond acceptors (Lipinski definition) is 2. The summed E-state index contributed by atoms with van der Waals surface area (Å²) in [6.45, 7) is 4.16. The number of ether oxygens (including phenoxy) is 1. The quantitative estimate of drug-likeness (QED) is 0.770. The monoisotopic (exact) mass is 258 g/mol. The van der Waals surface area contributed by atoms with Crippen molar-refractivity contribution in [3.63, 3.8) is 0 Å². The Hall–Kier alpha value is -1.02. The van der Waals surface area contributed by atoms with Crippen LogP contribution in [0.5, 0.6) is 5.75 Å². The fourth-order valence-electron chi connectivity index (χ4n) is 5.20. The van der Waals surface area contributed by atoms with E-state index >= 15 is 0 Å². The van der Waals surface area contributed by atoms with Crippen LogP contribution in [0.2, 0.25) is 0 Å². The number of phenols is 1. The zero-order chi connectivity index (χ0) is 13.0. The van der Waals surface area contributed by atoms with Gasteiger partial charge < -0.3 is 9.84 Å². The molecule has 0 amide bonds. The second-order valence-electron chi connectivity index (χ2n) is 6.72. The topological polar surface area (TPSA) is 29.5 Å². The second-order valence-corrected chi connectivity index (χ2v) is 6.72. The summed E-state index contributed by atoms with van der Waals surface area (Å²) in [6, 6.07) is 6.03. The van der Waals surface area contributed by atoms with E-state index < -0.39 is 0 Å². The minimum Gasteiger partial charge on any atom is -0.508 e. The molecule has 0 unspecified atom stereocenters. The second kappa shape index (κ2) is 3.99. The first-order valence-corrected chi connectivity index (χ1v) is 7.63. The molecule has 3 aliphatic rings. The molecular weight excluding hydrogens is 236 g/mol. The Bertz CT molecular complexity index is 506. The summed E-state index contributed by atoms with van der Waals surface area (Å²) in [4.78, 5) is 0. The van der Waals surface area contributed by atoms with Gasteiger partial charge in [0.1, 0.15) is 5.75 Å². The molecule has 1 aromatic carbocycles. The molecule has 102 valence electrons. The molecule has 0 spiro atoms. The van der Waals surface area contributed by atoms with Gasteiger partial charge in [-0.15, -0.1) is 0 Å². The van der Waals surface area contributed by atoms with Crippen LogP contribution in [0.15, 0.2) is 18.2 Å². The SMILES string of the molecule is C[C@H]1c2ccc(O)cc2[C@]23CCC[C@H]1[C@@H]2CCOC3. The van der Waals surface area contributed by atoms with Crippen LogP contribution >= 0.6 is 0 Å². The number of phenolic OH excluding ortho intramolecular Hbond substituents is 1. The molecule has 0 radical (unpaired) electrons. The summed E-state index contributed by atoms with van der Waals surface area (Å²) in [5, 5.41) is 9.92. The van der Waals surface area contributed by atoms with E-state index in [1.165, 1.54) is 36.8 Å². The van der Waals surface area contributed by atoms with E-state index in [2.05, 4.69) is 13.0 Å². The summed E-state index contributed by atoms with van der Waals surface area (Å²) < 4.78 is 5.87. The van der Waals surface area contributed by atoms with E-state index in [9.17, 15) is 5.11 Å². The van der Waals surface area contributed by atoms with Crippen molar-refractivity contribution in [1.29, 1.82) is 0 Å². The molecule has 2 bridgehead atoms. The third kappa shape index (κ3) is 1.47. The highest BCUT2D eigenvalue weighted by Gasteiger charge is 2.54. The number of rotatable bonds is 0. The highest BCUT2D eigenvalue weighted by Crippen LogP contribution is 2.59. The van der Waals surface area contributed by atoms with Gasteiger partial charge in [0.25, 0.3) is 0 Å². The third-order valence-electron chi connectivity index (χ3n) is 6.03. The maximum absolute atomic E-state index is 9.92. The maximum atomic E-state index is 9.92.